The third kappa shape index (κ3) is 52.7. The lowest BCUT2D eigenvalue weighted by atomic mass is 9.92. The Morgan fingerprint density at radius 1 is 0.240 bits per heavy atom. The minimum atomic E-state index is -1.16. The summed E-state index contributed by atoms with van der Waals surface area (Å²) in [6.07, 6.45) is 58.5. The molecule has 0 radical (unpaired) electrons. The van der Waals surface area contributed by atoms with Gasteiger partial charge in [0.2, 0.25) is 0 Å². The summed E-state index contributed by atoms with van der Waals surface area (Å²) in [6, 6.07) is 0. The number of ether oxygens (including phenoxy) is 3. The van der Waals surface area contributed by atoms with Crippen LogP contribution in [-0.4, -0.2) is 96.3 Å². The molecule has 0 saturated heterocycles. The number of carbonyl (C=O) groups is 3. The van der Waals surface area contributed by atoms with Crippen molar-refractivity contribution in [3.63, 3.8) is 0 Å². The van der Waals surface area contributed by atoms with Crippen molar-refractivity contribution in [2.24, 2.45) is 10.8 Å². The quantitative estimate of drug-likeness (QED) is 0.0222. The fraction of sp³-hybridized carbons (Fsp3) is 0.953. The van der Waals surface area contributed by atoms with Gasteiger partial charge in [0.05, 0.1) is 43.9 Å². The van der Waals surface area contributed by atoms with E-state index in [0.29, 0.717) is 19.3 Å². The highest BCUT2D eigenvalue weighted by molar-refractivity contribution is 5.70. The van der Waals surface area contributed by atoms with Crippen molar-refractivity contribution in [2.75, 3.05) is 52.9 Å². The van der Waals surface area contributed by atoms with Crippen LogP contribution in [0.1, 0.15) is 329 Å². The first kappa shape index (κ1) is 75.3. The molecular formula is C64H126O11. The van der Waals surface area contributed by atoms with E-state index >= 15 is 0 Å². The molecule has 0 spiro atoms. The number of carbonyl (C=O) groups excluding carboxylic acids is 3. The van der Waals surface area contributed by atoms with Gasteiger partial charge in [-0.15, -0.1) is 0 Å². The number of esters is 3. The summed E-state index contributed by atoms with van der Waals surface area (Å²) in [5, 5.41) is 47.4. The average Bonchev–Trinajstić information content (AvgIpc) is 3.42. The van der Waals surface area contributed by atoms with E-state index in [-0.39, 0.29) is 37.7 Å². The molecule has 0 unspecified atom stereocenters. The van der Waals surface area contributed by atoms with E-state index < -0.39 is 43.9 Å². The van der Waals surface area contributed by atoms with Gasteiger partial charge < -0.3 is 39.7 Å². The summed E-state index contributed by atoms with van der Waals surface area (Å²) < 4.78 is 15.8. The highest BCUT2D eigenvalue weighted by Crippen LogP contribution is 2.21. The molecule has 0 aliphatic carbocycles. The number of hydrogen-bond donors (Lipinski definition) is 5. The lowest BCUT2D eigenvalue weighted by Crippen LogP contribution is -2.41. The van der Waals surface area contributed by atoms with Crippen LogP contribution in [-0.2, 0) is 28.6 Å². The molecule has 0 rings (SSSR count). The molecule has 11 heteroatoms. The third-order valence-electron chi connectivity index (χ3n) is 15.2. The molecule has 11 nitrogen and oxygen atoms in total. The zero-order valence-corrected chi connectivity index (χ0v) is 49.8. The second-order valence-corrected chi connectivity index (χ2v) is 22.9. The van der Waals surface area contributed by atoms with Crippen LogP contribution < -0.4 is 0 Å². The van der Waals surface area contributed by atoms with E-state index in [1.165, 1.54) is 231 Å². The van der Waals surface area contributed by atoms with Crippen LogP contribution in [0.25, 0.3) is 0 Å². The Labute approximate surface area is 463 Å². The van der Waals surface area contributed by atoms with Crippen LogP contribution >= 0.6 is 0 Å². The van der Waals surface area contributed by atoms with E-state index in [0.717, 1.165) is 57.8 Å². The Morgan fingerprint density at radius 3 is 0.547 bits per heavy atom. The van der Waals surface area contributed by atoms with Gasteiger partial charge in [-0.05, 0) is 19.3 Å². The summed E-state index contributed by atoms with van der Waals surface area (Å²) in [5.74, 6) is -0.973. The zero-order chi connectivity index (χ0) is 55.5. The van der Waals surface area contributed by atoms with Crippen molar-refractivity contribution in [1.29, 1.82) is 0 Å². The minimum absolute atomic E-state index is 0.145. The fourth-order valence-corrected chi connectivity index (χ4v) is 9.40. The number of hydrogen-bond acceptors (Lipinski definition) is 11. The molecule has 0 aliphatic rings. The summed E-state index contributed by atoms with van der Waals surface area (Å²) in [6.45, 7) is 4.29. The molecule has 448 valence electrons. The zero-order valence-electron chi connectivity index (χ0n) is 49.8. The Hall–Kier alpha value is -1.79. The molecule has 0 aromatic heterocycles. The van der Waals surface area contributed by atoms with Crippen LogP contribution in [0.3, 0.4) is 0 Å². The molecule has 0 heterocycles. The third-order valence-corrected chi connectivity index (χ3v) is 15.2. The van der Waals surface area contributed by atoms with E-state index in [2.05, 4.69) is 20.8 Å². The normalized spacial score (nSPS) is 11.7. The number of unbranched alkanes of at least 4 members (excludes halogenated alkanes) is 42. The molecule has 0 fully saturated rings. The standard InChI is InChI=1S/C41H80O6.C23H46O5/c1-3-5-7-9-11-13-15-17-19-21-23-25-27-29-31-33-39(44)46-37-41(35-42,36-43)38-47-40(45)34-32-30-28-26-24-22-20-18-16-14-12-10-8-6-4-2;1-2-3-4-5-6-7-8-9-10-11-12-13-14-15-16-17-22(27)28-21-23(18-24,19-25)20-26/h42-43H,3-38H2,1-2H3;24-26H,2-21H2,1H3. The van der Waals surface area contributed by atoms with Crippen LogP contribution in [0.4, 0.5) is 0 Å². The van der Waals surface area contributed by atoms with Crippen molar-refractivity contribution >= 4 is 17.9 Å². The summed E-state index contributed by atoms with van der Waals surface area (Å²) >= 11 is 0. The van der Waals surface area contributed by atoms with Gasteiger partial charge in [0, 0.05) is 19.3 Å². The highest BCUT2D eigenvalue weighted by atomic mass is 16.6. The summed E-state index contributed by atoms with van der Waals surface area (Å²) in [7, 11) is 0. The predicted octanol–water partition coefficient (Wildman–Crippen LogP) is 16.3. The van der Waals surface area contributed by atoms with E-state index in [4.69, 9.17) is 14.2 Å². The Bertz CT molecular complexity index is 1110. The van der Waals surface area contributed by atoms with Crippen molar-refractivity contribution in [3.8, 4) is 0 Å². The largest absolute Gasteiger partial charge is 0.465 e. The molecule has 0 atom stereocenters. The SMILES string of the molecule is CCCCCCCCCCCCCCCCCC(=O)OCC(CO)(CO)CO.CCCCCCCCCCCCCCCCCC(=O)OCC(CO)(CO)COC(=O)CCCCCCCCCCCCCCCCC. The summed E-state index contributed by atoms with van der Waals surface area (Å²) in [4.78, 5) is 36.2. The van der Waals surface area contributed by atoms with Crippen molar-refractivity contribution < 1.29 is 54.1 Å². The van der Waals surface area contributed by atoms with Crippen molar-refractivity contribution in [3.05, 3.63) is 0 Å². The first-order chi connectivity index (χ1) is 36.7. The van der Waals surface area contributed by atoms with Gasteiger partial charge in [0.15, 0.2) is 0 Å². The van der Waals surface area contributed by atoms with Gasteiger partial charge >= 0.3 is 17.9 Å². The van der Waals surface area contributed by atoms with Gasteiger partial charge in [0.1, 0.15) is 19.8 Å². The molecule has 0 aromatic carbocycles. The second kappa shape index (κ2) is 59.9. The number of aliphatic hydroxyl groups excluding tert-OH is 5. The molecule has 0 aromatic rings. The molecule has 0 bridgehead atoms. The molecule has 75 heavy (non-hydrogen) atoms. The first-order valence-electron chi connectivity index (χ1n) is 32.2. The molecule has 0 saturated carbocycles. The maximum absolute atomic E-state index is 12.3. The number of rotatable bonds is 59. The minimum Gasteiger partial charge on any atom is -0.465 e. The predicted molar refractivity (Wildman–Crippen MR) is 312 cm³/mol. The lowest BCUT2D eigenvalue weighted by Gasteiger charge is -2.28. The van der Waals surface area contributed by atoms with Crippen LogP contribution in [0.2, 0.25) is 0 Å². The fourth-order valence-electron chi connectivity index (χ4n) is 9.40. The molecule has 5 N–H and O–H groups in total. The Balaban J connectivity index is 0. The van der Waals surface area contributed by atoms with Crippen LogP contribution in [0.15, 0.2) is 0 Å². The van der Waals surface area contributed by atoms with E-state index in [9.17, 15) is 39.9 Å². The van der Waals surface area contributed by atoms with Crippen molar-refractivity contribution in [1.82, 2.24) is 0 Å². The van der Waals surface area contributed by atoms with Crippen molar-refractivity contribution in [2.45, 2.75) is 329 Å². The molecular weight excluding hydrogens is 945 g/mol. The highest BCUT2D eigenvalue weighted by Gasteiger charge is 2.33. The smallest absolute Gasteiger partial charge is 0.305 e. The lowest BCUT2D eigenvalue weighted by molar-refractivity contribution is -0.159. The average molecular weight is 1070 g/mol. The monoisotopic (exact) mass is 1070 g/mol. The maximum Gasteiger partial charge on any atom is 0.305 e. The van der Waals surface area contributed by atoms with Gasteiger partial charge in [-0.25, -0.2) is 0 Å². The first-order valence-corrected chi connectivity index (χ1v) is 32.2. The van der Waals surface area contributed by atoms with Gasteiger partial charge in [-0.1, -0.05) is 290 Å². The van der Waals surface area contributed by atoms with Gasteiger partial charge in [-0.3, -0.25) is 14.4 Å². The van der Waals surface area contributed by atoms with Crippen LogP contribution in [0.5, 0.6) is 0 Å². The molecule has 0 aliphatic heterocycles. The van der Waals surface area contributed by atoms with E-state index in [1.54, 1.807) is 0 Å². The second-order valence-electron chi connectivity index (χ2n) is 22.9. The Kier molecular flexibility index (Phi) is 60.1. The topological polar surface area (TPSA) is 180 Å². The van der Waals surface area contributed by atoms with Gasteiger partial charge in [-0.2, -0.15) is 0 Å². The van der Waals surface area contributed by atoms with Crippen LogP contribution in [0, 0.1) is 10.8 Å². The number of aliphatic hydroxyl groups is 5. The van der Waals surface area contributed by atoms with E-state index in [1.807, 2.05) is 0 Å². The summed E-state index contributed by atoms with van der Waals surface area (Å²) in [5.41, 5.74) is -2.29. The Morgan fingerprint density at radius 2 is 0.387 bits per heavy atom. The molecule has 0 amide bonds. The van der Waals surface area contributed by atoms with Gasteiger partial charge in [0.25, 0.3) is 0 Å². The maximum atomic E-state index is 12.3.